The summed E-state index contributed by atoms with van der Waals surface area (Å²) in [5, 5.41) is 0. The molecule has 1 aliphatic heterocycles. The van der Waals surface area contributed by atoms with Crippen molar-refractivity contribution >= 4 is 17.3 Å². The Kier molecular flexibility index (Phi) is 5.86. The number of benzene rings is 2. The van der Waals surface area contributed by atoms with Crippen LogP contribution in [-0.2, 0) is 6.54 Å². The van der Waals surface area contributed by atoms with Crippen molar-refractivity contribution in [3.63, 3.8) is 0 Å². The molecule has 0 spiro atoms. The molecule has 0 bridgehead atoms. The van der Waals surface area contributed by atoms with E-state index in [1.54, 1.807) is 11.1 Å². The van der Waals surface area contributed by atoms with E-state index >= 15 is 0 Å². The largest absolute Gasteiger partial charge is 0.369 e. The molecule has 29 heavy (non-hydrogen) atoms. The molecule has 0 unspecified atom stereocenters. The Morgan fingerprint density at radius 2 is 1.59 bits per heavy atom. The number of likely N-dealkylation sites (N-methyl/N-ethyl adjacent to an activating group) is 1. The average molecular weight is 386 g/mol. The van der Waals surface area contributed by atoms with Gasteiger partial charge < -0.3 is 14.7 Å². The molecule has 4 rings (SSSR count). The molecule has 1 aliphatic rings. The van der Waals surface area contributed by atoms with Crippen LogP contribution in [0.1, 0.15) is 16.1 Å². The van der Waals surface area contributed by atoms with Crippen LogP contribution in [0, 0.1) is 0 Å². The molecule has 0 radical (unpaired) electrons. The fourth-order valence-corrected chi connectivity index (χ4v) is 3.59. The molecule has 148 valence electrons. The van der Waals surface area contributed by atoms with Gasteiger partial charge in [0.25, 0.3) is 5.91 Å². The minimum atomic E-state index is -0.0870. The molecule has 1 amide bonds. The van der Waals surface area contributed by atoms with Gasteiger partial charge in [-0.3, -0.25) is 9.78 Å². The van der Waals surface area contributed by atoms with Crippen molar-refractivity contribution in [1.82, 2.24) is 9.88 Å². The molecule has 3 aromatic rings. The fourth-order valence-electron chi connectivity index (χ4n) is 3.59. The van der Waals surface area contributed by atoms with E-state index < -0.39 is 0 Å². The Morgan fingerprint density at radius 1 is 0.931 bits per heavy atom. The van der Waals surface area contributed by atoms with Gasteiger partial charge in [-0.15, -0.1) is 0 Å². The molecular formula is C24H26N4O. The third-order valence-corrected chi connectivity index (χ3v) is 5.33. The standard InChI is InChI=1S/C24H26N4O/c1-26-14-16-27(17-15-26)22-12-13-25-23(18-22)24(29)28(21-10-6-3-7-11-21)19-20-8-4-2-5-9-20/h2-13,18H,14-17,19H2,1H3. The fraction of sp³-hybridized carbons (Fsp3) is 0.250. The Labute approximate surface area is 172 Å². The average Bonchev–Trinajstić information content (AvgIpc) is 2.79. The van der Waals surface area contributed by atoms with Crippen LogP contribution in [0.25, 0.3) is 0 Å². The third-order valence-electron chi connectivity index (χ3n) is 5.33. The molecule has 0 atom stereocenters. The number of piperazine rings is 1. The van der Waals surface area contributed by atoms with Crippen LogP contribution in [0.4, 0.5) is 11.4 Å². The lowest BCUT2D eigenvalue weighted by molar-refractivity contribution is 0.0980. The zero-order valence-corrected chi connectivity index (χ0v) is 16.7. The topological polar surface area (TPSA) is 39.7 Å². The molecule has 2 heterocycles. The number of carbonyl (C=O) groups excluding carboxylic acids is 1. The predicted molar refractivity (Wildman–Crippen MR) is 117 cm³/mol. The van der Waals surface area contributed by atoms with Gasteiger partial charge in [-0.2, -0.15) is 0 Å². The van der Waals surface area contributed by atoms with E-state index in [1.165, 1.54) is 0 Å². The van der Waals surface area contributed by atoms with Gasteiger partial charge in [0, 0.05) is 43.8 Å². The monoisotopic (exact) mass is 386 g/mol. The summed E-state index contributed by atoms with van der Waals surface area (Å²) >= 11 is 0. The van der Waals surface area contributed by atoms with Crippen LogP contribution in [-0.4, -0.2) is 49.0 Å². The number of anilines is 2. The Balaban J connectivity index is 1.61. The number of para-hydroxylation sites is 1. The van der Waals surface area contributed by atoms with Crippen LogP contribution in [0.2, 0.25) is 0 Å². The molecule has 0 N–H and O–H groups in total. The van der Waals surface area contributed by atoms with Gasteiger partial charge in [0.1, 0.15) is 5.69 Å². The zero-order chi connectivity index (χ0) is 20.1. The van der Waals surface area contributed by atoms with Gasteiger partial charge in [-0.25, -0.2) is 0 Å². The number of rotatable bonds is 5. The second-order valence-electron chi connectivity index (χ2n) is 7.40. The SMILES string of the molecule is CN1CCN(c2ccnc(C(=O)N(Cc3ccccc3)c3ccccc3)c2)CC1. The number of amides is 1. The normalized spacial score (nSPS) is 14.6. The second kappa shape index (κ2) is 8.88. The molecular weight excluding hydrogens is 360 g/mol. The summed E-state index contributed by atoms with van der Waals surface area (Å²) in [5.41, 5.74) is 3.48. The lowest BCUT2D eigenvalue weighted by atomic mass is 10.1. The Hall–Kier alpha value is -3.18. The van der Waals surface area contributed by atoms with Crippen LogP contribution >= 0.6 is 0 Å². The van der Waals surface area contributed by atoms with E-state index in [-0.39, 0.29) is 5.91 Å². The Bertz CT molecular complexity index is 937. The van der Waals surface area contributed by atoms with Crippen LogP contribution in [0.3, 0.4) is 0 Å². The van der Waals surface area contributed by atoms with Crippen molar-refractivity contribution in [1.29, 1.82) is 0 Å². The molecule has 2 aromatic carbocycles. The first-order chi connectivity index (χ1) is 14.2. The van der Waals surface area contributed by atoms with Crippen molar-refractivity contribution in [2.75, 3.05) is 43.0 Å². The van der Waals surface area contributed by atoms with E-state index in [0.717, 1.165) is 43.1 Å². The van der Waals surface area contributed by atoms with Gasteiger partial charge in [0.05, 0.1) is 6.54 Å². The van der Waals surface area contributed by atoms with E-state index in [0.29, 0.717) is 12.2 Å². The zero-order valence-electron chi connectivity index (χ0n) is 16.7. The number of hydrogen-bond acceptors (Lipinski definition) is 4. The van der Waals surface area contributed by atoms with E-state index in [9.17, 15) is 4.79 Å². The molecule has 0 saturated carbocycles. The van der Waals surface area contributed by atoms with Crippen LogP contribution in [0.5, 0.6) is 0 Å². The van der Waals surface area contributed by atoms with Crippen molar-refractivity contribution in [3.05, 3.63) is 90.3 Å². The summed E-state index contributed by atoms with van der Waals surface area (Å²) in [6.45, 7) is 4.47. The first kappa shape index (κ1) is 19.2. The number of nitrogens with zero attached hydrogens (tertiary/aromatic N) is 4. The molecule has 0 aliphatic carbocycles. The first-order valence-electron chi connectivity index (χ1n) is 10.0. The lowest BCUT2D eigenvalue weighted by Crippen LogP contribution is -2.44. The summed E-state index contributed by atoms with van der Waals surface area (Å²) in [6.07, 6.45) is 1.74. The maximum Gasteiger partial charge on any atom is 0.277 e. The molecule has 1 aromatic heterocycles. The minimum Gasteiger partial charge on any atom is -0.369 e. The number of pyridine rings is 1. The summed E-state index contributed by atoms with van der Waals surface area (Å²) in [7, 11) is 2.14. The number of carbonyl (C=O) groups is 1. The smallest absolute Gasteiger partial charge is 0.277 e. The van der Waals surface area contributed by atoms with Gasteiger partial charge >= 0.3 is 0 Å². The molecule has 5 nitrogen and oxygen atoms in total. The highest BCUT2D eigenvalue weighted by atomic mass is 16.2. The summed E-state index contributed by atoms with van der Waals surface area (Å²) < 4.78 is 0. The van der Waals surface area contributed by atoms with Gasteiger partial charge in [0.15, 0.2) is 0 Å². The van der Waals surface area contributed by atoms with Crippen molar-refractivity contribution in [3.8, 4) is 0 Å². The van der Waals surface area contributed by atoms with Gasteiger partial charge in [-0.05, 0) is 36.9 Å². The maximum atomic E-state index is 13.5. The van der Waals surface area contributed by atoms with Crippen molar-refractivity contribution < 1.29 is 4.79 Å². The number of hydrogen-bond donors (Lipinski definition) is 0. The van der Waals surface area contributed by atoms with Crippen LogP contribution in [0.15, 0.2) is 79.0 Å². The lowest BCUT2D eigenvalue weighted by Gasteiger charge is -2.34. The Morgan fingerprint density at radius 3 is 2.28 bits per heavy atom. The number of aromatic nitrogens is 1. The summed E-state index contributed by atoms with van der Waals surface area (Å²) in [4.78, 5) is 24.3. The van der Waals surface area contributed by atoms with E-state index in [1.807, 2.05) is 72.8 Å². The molecule has 5 heteroatoms. The molecule has 1 fully saturated rings. The van der Waals surface area contributed by atoms with Crippen molar-refractivity contribution in [2.45, 2.75) is 6.54 Å². The highest BCUT2D eigenvalue weighted by Gasteiger charge is 2.21. The van der Waals surface area contributed by atoms with E-state index in [4.69, 9.17) is 0 Å². The van der Waals surface area contributed by atoms with Gasteiger partial charge in [0.2, 0.25) is 0 Å². The van der Waals surface area contributed by atoms with Crippen LogP contribution < -0.4 is 9.80 Å². The minimum absolute atomic E-state index is 0.0870. The highest BCUT2D eigenvalue weighted by molar-refractivity contribution is 6.05. The summed E-state index contributed by atoms with van der Waals surface area (Å²) in [6, 6.07) is 23.8. The second-order valence-corrected chi connectivity index (χ2v) is 7.40. The quantitative estimate of drug-likeness (QED) is 0.671. The van der Waals surface area contributed by atoms with Crippen molar-refractivity contribution in [2.24, 2.45) is 0 Å². The van der Waals surface area contributed by atoms with Gasteiger partial charge in [-0.1, -0.05) is 48.5 Å². The molecule has 1 saturated heterocycles. The first-order valence-corrected chi connectivity index (χ1v) is 10.0. The summed E-state index contributed by atoms with van der Waals surface area (Å²) in [5.74, 6) is -0.0870. The third kappa shape index (κ3) is 4.63. The maximum absolute atomic E-state index is 13.5. The predicted octanol–water partition coefficient (Wildman–Crippen LogP) is 3.68. The highest BCUT2D eigenvalue weighted by Crippen LogP contribution is 2.22. The van der Waals surface area contributed by atoms with E-state index in [2.05, 4.69) is 21.8 Å².